The maximum Gasteiger partial charge on any atom is 0.175 e. The number of ketones is 1. The monoisotopic (exact) mass is 290 g/mol. The van der Waals surface area contributed by atoms with E-state index in [4.69, 9.17) is 0 Å². The number of carbonyl (C=O) groups is 1. The van der Waals surface area contributed by atoms with E-state index < -0.39 is 20.6 Å². The Labute approximate surface area is 109 Å². The van der Waals surface area contributed by atoms with Crippen molar-refractivity contribution in [1.82, 2.24) is 0 Å². The molecule has 0 fully saturated rings. The van der Waals surface area contributed by atoms with E-state index in [9.17, 15) is 17.4 Å². The molecule has 0 heterocycles. The van der Waals surface area contributed by atoms with E-state index in [-0.39, 0.29) is 23.0 Å². The van der Waals surface area contributed by atoms with Gasteiger partial charge in [-0.25, -0.2) is 8.42 Å². The largest absolute Gasteiger partial charge is 0.377 e. The second kappa shape index (κ2) is 6.21. The fourth-order valence-electron chi connectivity index (χ4n) is 1.27. The zero-order valence-corrected chi connectivity index (χ0v) is 11.7. The Bertz CT molecular complexity index is 545. The summed E-state index contributed by atoms with van der Waals surface area (Å²) < 4.78 is 38.9. The molecule has 0 spiro atoms. The molecule has 5 nitrogen and oxygen atoms in total. The number of hydrogen-bond donors (Lipinski definition) is 0. The molecule has 0 saturated carbocycles. The highest BCUT2D eigenvalue weighted by molar-refractivity contribution is 7.90. The Hall–Kier alpha value is -1.05. The molecule has 1 atom stereocenters. The number of benzene rings is 1. The Morgan fingerprint density at radius 3 is 2.28 bits per heavy atom. The molecule has 1 unspecified atom stereocenters. The maximum atomic E-state index is 11.8. The highest BCUT2D eigenvalue weighted by Gasteiger charge is 2.12. The minimum Gasteiger partial charge on any atom is -0.377 e. The van der Waals surface area contributed by atoms with E-state index in [0.29, 0.717) is 4.90 Å². The Morgan fingerprint density at radius 1 is 1.28 bits per heavy atom. The minimum atomic E-state index is -3.26. The van der Waals surface area contributed by atoms with Crippen LogP contribution < -0.4 is 0 Å². The molecule has 1 aromatic carbocycles. The van der Waals surface area contributed by atoms with Gasteiger partial charge in [-0.2, -0.15) is 0 Å². The summed E-state index contributed by atoms with van der Waals surface area (Å²) in [7, 11) is -3.35. The smallest absolute Gasteiger partial charge is 0.175 e. The SMILES string of the molecule is COCC(=O)CS(=O)c1ccc(S(C)(=O)=O)cc1. The third kappa shape index (κ3) is 4.32. The van der Waals surface area contributed by atoms with Crippen molar-refractivity contribution < 1.29 is 22.2 Å². The summed E-state index contributed by atoms with van der Waals surface area (Å²) in [5.41, 5.74) is 0. The Kier molecular flexibility index (Phi) is 5.18. The third-order valence-electron chi connectivity index (χ3n) is 2.11. The lowest BCUT2D eigenvalue weighted by atomic mass is 10.4. The molecule has 18 heavy (non-hydrogen) atoms. The average molecular weight is 290 g/mol. The molecule has 1 rings (SSSR count). The fraction of sp³-hybridized carbons (Fsp3) is 0.364. The van der Waals surface area contributed by atoms with Gasteiger partial charge in [0.25, 0.3) is 0 Å². The highest BCUT2D eigenvalue weighted by Crippen LogP contribution is 2.13. The molecule has 0 N–H and O–H groups in total. The van der Waals surface area contributed by atoms with Gasteiger partial charge in [-0.3, -0.25) is 9.00 Å². The van der Waals surface area contributed by atoms with E-state index >= 15 is 0 Å². The third-order valence-corrected chi connectivity index (χ3v) is 4.62. The van der Waals surface area contributed by atoms with Crippen LogP contribution in [0.15, 0.2) is 34.1 Å². The number of carbonyl (C=O) groups excluding carboxylic acids is 1. The summed E-state index contributed by atoms with van der Waals surface area (Å²) in [6.45, 7) is -0.0762. The van der Waals surface area contributed by atoms with E-state index in [0.717, 1.165) is 6.26 Å². The molecular formula is C11H14O5S2. The van der Waals surface area contributed by atoms with E-state index in [2.05, 4.69) is 4.74 Å². The normalized spacial score (nSPS) is 13.2. The van der Waals surface area contributed by atoms with Crippen LogP contribution in [0.4, 0.5) is 0 Å². The van der Waals surface area contributed by atoms with Crippen molar-refractivity contribution in [3.05, 3.63) is 24.3 Å². The summed E-state index contributed by atoms with van der Waals surface area (Å²) in [6.07, 6.45) is 1.10. The molecule has 100 valence electrons. The van der Waals surface area contributed by atoms with Gasteiger partial charge in [-0.15, -0.1) is 0 Å². The summed E-state index contributed by atoms with van der Waals surface area (Å²) >= 11 is 0. The second-order valence-electron chi connectivity index (χ2n) is 3.71. The predicted molar refractivity (Wildman–Crippen MR) is 67.7 cm³/mol. The van der Waals surface area contributed by atoms with Gasteiger partial charge >= 0.3 is 0 Å². The molecule has 7 heteroatoms. The van der Waals surface area contributed by atoms with Crippen LogP contribution in [0.1, 0.15) is 0 Å². The maximum absolute atomic E-state index is 11.8. The highest BCUT2D eigenvalue weighted by atomic mass is 32.2. The summed E-state index contributed by atoms with van der Waals surface area (Å²) in [5, 5.41) is 0. The first-order chi connectivity index (χ1) is 8.34. The summed E-state index contributed by atoms with van der Waals surface area (Å²) in [6, 6.07) is 5.66. The Balaban J connectivity index is 2.80. The van der Waals surface area contributed by atoms with Crippen molar-refractivity contribution >= 4 is 26.4 Å². The van der Waals surface area contributed by atoms with Crippen LogP contribution in [0.3, 0.4) is 0 Å². The van der Waals surface area contributed by atoms with Gasteiger partial charge in [0.2, 0.25) is 0 Å². The van der Waals surface area contributed by atoms with Crippen molar-refractivity contribution in [3.63, 3.8) is 0 Å². The van der Waals surface area contributed by atoms with Crippen LogP contribution in [0.5, 0.6) is 0 Å². The molecule has 0 aliphatic rings. The molecule has 0 aliphatic heterocycles. The van der Waals surface area contributed by atoms with Gasteiger partial charge in [-0.05, 0) is 24.3 Å². The van der Waals surface area contributed by atoms with Crippen molar-refractivity contribution in [3.8, 4) is 0 Å². The van der Waals surface area contributed by atoms with Gasteiger partial charge in [0.15, 0.2) is 15.6 Å². The van der Waals surface area contributed by atoms with Gasteiger partial charge in [0, 0.05) is 18.3 Å². The first-order valence-electron chi connectivity index (χ1n) is 5.03. The lowest BCUT2D eigenvalue weighted by Crippen LogP contribution is -2.15. The van der Waals surface area contributed by atoms with Crippen molar-refractivity contribution in [2.45, 2.75) is 9.79 Å². The van der Waals surface area contributed by atoms with Crippen LogP contribution >= 0.6 is 0 Å². The van der Waals surface area contributed by atoms with E-state index in [1.54, 1.807) is 0 Å². The first-order valence-corrected chi connectivity index (χ1v) is 8.25. The number of methoxy groups -OCH3 is 1. The van der Waals surface area contributed by atoms with Gasteiger partial charge < -0.3 is 4.74 Å². The first kappa shape index (κ1) is 15.0. The fourth-order valence-corrected chi connectivity index (χ4v) is 2.88. The second-order valence-corrected chi connectivity index (χ2v) is 7.17. The Morgan fingerprint density at radius 2 is 1.83 bits per heavy atom. The molecular weight excluding hydrogens is 276 g/mol. The van der Waals surface area contributed by atoms with Crippen LogP contribution in [-0.4, -0.2) is 44.1 Å². The van der Waals surface area contributed by atoms with Crippen molar-refractivity contribution in [2.24, 2.45) is 0 Å². The van der Waals surface area contributed by atoms with Gasteiger partial charge in [0.1, 0.15) is 6.61 Å². The van der Waals surface area contributed by atoms with Gasteiger partial charge in [-0.1, -0.05) is 0 Å². The number of rotatable bonds is 6. The van der Waals surface area contributed by atoms with E-state index in [1.807, 2.05) is 0 Å². The standard InChI is InChI=1S/C11H14O5S2/c1-16-7-9(12)8-17(13)10-3-5-11(6-4-10)18(2,14)15/h3-6H,7-8H2,1-2H3. The number of Topliss-reactive ketones (excluding diaryl/α,β-unsaturated/α-hetero) is 1. The lowest BCUT2D eigenvalue weighted by Gasteiger charge is -2.03. The van der Waals surface area contributed by atoms with Crippen LogP contribution in [0, 0.1) is 0 Å². The molecule has 0 saturated heterocycles. The minimum absolute atomic E-state index is 0.0762. The number of hydrogen-bond acceptors (Lipinski definition) is 5. The van der Waals surface area contributed by atoms with Crippen molar-refractivity contribution in [2.75, 3.05) is 25.7 Å². The molecule has 0 aliphatic carbocycles. The molecule has 0 amide bonds. The molecule has 0 radical (unpaired) electrons. The quantitative estimate of drug-likeness (QED) is 0.758. The zero-order chi connectivity index (χ0) is 13.8. The number of ether oxygens (including phenoxy) is 1. The topological polar surface area (TPSA) is 77.5 Å². The zero-order valence-electron chi connectivity index (χ0n) is 10.1. The summed E-state index contributed by atoms with van der Waals surface area (Å²) in [4.78, 5) is 11.8. The van der Waals surface area contributed by atoms with E-state index in [1.165, 1.54) is 31.4 Å². The average Bonchev–Trinajstić information content (AvgIpc) is 2.28. The molecule has 1 aromatic rings. The molecule has 0 aromatic heterocycles. The van der Waals surface area contributed by atoms with Crippen LogP contribution in [0.2, 0.25) is 0 Å². The number of sulfone groups is 1. The van der Waals surface area contributed by atoms with Crippen LogP contribution in [-0.2, 0) is 30.2 Å². The molecule has 0 bridgehead atoms. The lowest BCUT2D eigenvalue weighted by molar-refractivity contribution is -0.120. The predicted octanol–water partition coefficient (Wildman–Crippen LogP) is 0.413. The summed E-state index contributed by atoms with van der Waals surface area (Å²) in [5.74, 6) is -0.394. The van der Waals surface area contributed by atoms with Gasteiger partial charge in [0.05, 0.1) is 21.4 Å². The van der Waals surface area contributed by atoms with Crippen LogP contribution in [0.25, 0.3) is 0 Å². The van der Waals surface area contributed by atoms with Crippen molar-refractivity contribution in [1.29, 1.82) is 0 Å².